The number of anilines is 3. The van der Waals surface area contributed by atoms with Crippen LogP contribution in [0.25, 0.3) is 0 Å². The summed E-state index contributed by atoms with van der Waals surface area (Å²) in [4.78, 5) is 2.03. The highest BCUT2D eigenvalue weighted by Gasteiger charge is 1.98. The fourth-order valence-electron chi connectivity index (χ4n) is 1.59. The fourth-order valence-corrected chi connectivity index (χ4v) is 1.59. The highest BCUT2D eigenvalue weighted by molar-refractivity contribution is 5.67. The van der Waals surface area contributed by atoms with Crippen LogP contribution in [0.4, 0.5) is 28.4 Å². The minimum atomic E-state index is 0.522. The molecule has 0 aliphatic carbocycles. The van der Waals surface area contributed by atoms with Gasteiger partial charge in [-0.2, -0.15) is 5.11 Å². The number of hydrogen-bond donors (Lipinski definition) is 2. The molecule has 0 saturated carbocycles. The molecule has 2 rings (SSSR count). The molecule has 0 aliphatic heterocycles. The highest BCUT2D eigenvalue weighted by atomic mass is 15.1. The molecule has 2 aromatic carbocycles. The maximum absolute atomic E-state index is 5.81. The van der Waals surface area contributed by atoms with Gasteiger partial charge in [0.15, 0.2) is 0 Å². The van der Waals surface area contributed by atoms with E-state index in [1.807, 2.05) is 57.1 Å². The molecule has 0 bridgehead atoms. The van der Waals surface area contributed by atoms with Crippen molar-refractivity contribution in [3.63, 3.8) is 0 Å². The second-order valence-corrected chi connectivity index (χ2v) is 4.43. The third kappa shape index (κ3) is 4.80. The molecule has 2 aromatic rings. The van der Waals surface area contributed by atoms with Gasteiger partial charge in [0.05, 0.1) is 11.4 Å². The lowest BCUT2D eigenvalue weighted by atomic mass is 10.2. The van der Waals surface area contributed by atoms with Gasteiger partial charge in [0, 0.05) is 25.5 Å². The van der Waals surface area contributed by atoms with Crippen LogP contribution < -0.4 is 16.4 Å². The molecule has 0 unspecified atom stereocenters. The monoisotopic (exact) mass is 285 g/mol. The second kappa shape index (κ2) is 7.89. The lowest BCUT2D eigenvalue weighted by Gasteiger charge is -2.11. The van der Waals surface area contributed by atoms with Gasteiger partial charge in [-0.05, 0) is 42.5 Å². The van der Waals surface area contributed by atoms with Gasteiger partial charge in [-0.1, -0.05) is 13.8 Å². The Balaban J connectivity index is 0.00000106. The first kappa shape index (κ1) is 16.5. The molecule has 0 saturated heterocycles. The predicted octanol–water partition coefficient (Wildman–Crippen LogP) is 4.36. The van der Waals surface area contributed by atoms with Crippen molar-refractivity contribution in [1.82, 2.24) is 0 Å². The van der Waals surface area contributed by atoms with Gasteiger partial charge in [0.1, 0.15) is 5.69 Å². The van der Waals surface area contributed by atoms with Crippen LogP contribution in [-0.2, 0) is 0 Å². The summed E-state index contributed by atoms with van der Waals surface area (Å²) in [7, 11) is 3.98. The number of nitrogens with zero attached hydrogens (tertiary/aromatic N) is 3. The van der Waals surface area contributed by atoms with Crippen LogP contribution in [-0.4, -0.2) is 14.1 Å². The van der Waals surface area contributed by atoms with Crippen molar-refractivity contribution in [3.8, 4) is 0 Å². The Labute approximate surface area is 126 Å². The van der Waals surface area contributed by atoms with Crippen molar-refractivity contribution in [1.29, 1.82) is 0 Å². The van der Waals surface area contributed by atoms with Crippen molar-refractivity contribution < 1.29 is 0 Å². The molecule has 0 aliphatic rings. The molecule has 4 N–H and O–H groups in total. The van der Waals surface area contributed by atoms with Gasteiger partial charge < -0.3 is 16.4 Å². The Morgan fingerprint density at radius 1 is 0.857 bits per heavy atom. The van der Waals surface area contributed by atoms with Crippen LogP contribution in [0, 0.1) is 0 Å². The third-order valence-corrected chi connectivity index (χ3v) is 2.69. The van der Waals surface area contributed by atoms with Crippen LogP contribution in [0.1, 0.15) is 13.8 Å². The van der Waals surface area contributed by atoms with E-state index in [2.05, 4.69) is 10.2 Å². The average molecular weight is 285 g/mol. The molecule has 112 valence electrons. The van der Waals surface area contributed by atoms with E-state index in [1.165, 1.54) is 0 Å². The van der Waals surface area contributed by atoms with E-state index in [1.54, 1.807) is 18.2 Å². The van der Waals surface area contributed by atoms with Gasteiger partial charge in [0.25, 0.3) is 0 Å². The van der Waals surface area contributed by atoms with Crippen LogP contribution in [0.15, 0.2) is 52.7 Å². The molecule has 0 radical (unpaired) electrons. The number of nitrogen functional groups attached to an aromatic ring is 2. The van der Waals surface area contributed by atoms with Crippen molar-refractivity contribution in [2.45, 2.75) is 13.8 Å². The van der Waals surface area contributed by atoms with E-state index < -0.39 is 0 Å². The zero-order valence-corrected chi connectivity index (χ0v) is 13.0. The summed E-state index contributed by atoms with van der Waals surface area (Å²) in [6.07, 6.45) is 0. The Bertz CT molecular complexity index is 588. The van der Waals surface area contributed by atoms with Gasteiger partial charge in [-0.25, -0.2) is 0 Å². The molecule has 0 heterocycles. The summed E-state index contributed by atoms with van der Waals surface area (Å²) in [5.41, 5.74) is 15.1. The van der Waals surface area contributed by atoms with Crippen LogP contribution in [0.5, 0.6) is 0 Å². The van der Waals surface area contributed by atoms with Gasteiger partial charge >= 0.3 is 0 Å². The first-order valence-corrected chi connectivity index (χ1v) is 6.90. The molecule has 5 heteroatoms. The number of benzene rings is 2. The standard InChI is InChI=1S/C14H17N5.C2H6/c1-19(2)12-6-4-11(5-7-12)17-18-14-8-3-10(15)9-13(14)16;1-2/h3-9H,15-16H2,1-2H3;1-2H3. The van der Waals surface area contributed by atoms with E-state index in [0.29, 0.717) is 17.1 Å². The number of rotatable bonds is 3. The zero-order valence-electron chi connectivity index (χ0n) is 13.0. The zero-order chi connectivity index (χ0) is 15.8. The molecule has 21 heavy (non-hydrogen) atoms. The summed E-state index contributed by atoms with van der Waals surface area (Å²) >= 11 is 0. The molecule has 0 amide bonds. The number of nitrogens with two attached hydrogens (primary N) is 2. The molecule has 0 aromatic heterocycles. The summed E-state index contributed by atoms with van der Waals surface area (Å²) < 4.78 is 0. The predicted molar refractivity (Wildman–Crippen MR) is 91.6 cm³/mol. The lowest BCUT2D eigenvalue weighted by Crippen LogP contribution is -2.07. The summed E-state index contributed by atoms with van der Waals surface area (Å²) in [6, 6.07) is 13.0. The maximum Gasteiger partial charge on any atom is 0.109 e. The number of azo groups is 1. The van der Waals surface area contributed by atoms with E-state index in [0.717, 1.165) is 11.4 Å². The van der Waals surface area contributed by atoms with E-state index >= 15 is 0 Å². The van der Waals surface area contributed by atoms with E-state index in [-0.39, 0.29) is 0 Å². The van der Waals surface area contributed by atoms with Crippen molar-refractivity contribution in [2.24, 2.45) is 10.2 Å². The van der Waals surface area contributed by atoms with Crippen LogP contribution in [0.3, 0.4) is 0 Å². The fraction of sp³-hybridized carbons (Fsp3) is 0.250. The first-order valence-electron chi connectivity index (χ1n) is 6.90. The normalized spacial score (nSPS) is 10.1. The van der Waals surface area contributed by atoms with E-state index in [9.17, 15) is 0 Å². The highest BCUT2D eigenvalue weighted by Crippen LogP contribution is 2.26. The summed E-state index contributed by atoms with van der Waals surface area (Å²) in [5, 5.41) is 8.28. The molecule has 0 spiro atoms. The Kier molecular flexibility index (Phi) is 6.20. The minimum absolute atomic E-state index is 0.522. The van der Waals surface area contributed by atoms with Gasteiger partial charge in [0.2, 0.25) is 0 Å². The summed E-state index contributed by atoms with van der Waals surface area (Å²) in [5.74, 6) is 0. The average Bonchev–Trinajstić information content (AvgIpc) is 2.49. The third-order valence-electron chi connectivity index (χ3n) is 2.69. The summed E-state index contributed by atoms with van der Waals surface area (Å²) in [6.45, 7) is 4.00. The topological polar surface area (TPSA) is 80.0 Å². The van der Waals surface area contributed by atoms with Crippen molar-refractivity contribution in [2.75, 3.05) is 30.5 Å². The number of hydrogen-bond acceptors (Lipinski definition) is 5. The van der Waals surface area contributed by atoms with Gasteiger partial charge in [-0.3, -0.25) is 0 Å². The lowest BCUT2D eigenvalue weighted by molar-refractivity contribution is 1.13. The molecular weight excluding hydrogens is 262 g/mol. The van der Waals surface area contributed by atoms with Crippen molar-refractivity contribution >= 4 is 28.4 Å². The van der Waals surface area contributed by atoms with Crippen LogP contribution >= 0.6 is 0 Å². The Morgan fingerprint density at radius 3 is 2.00 bits per heavy atom. The Hall–Kier alpha value is -2.56. The quantitative estimate of drug-likeness (QED) is 0.649. The molecule has 0 atom stereocenters. The SMILES string of the molecule is CC.CN(C)c1ccc(N=Nc2ccc(N)cc2N)cc1. The smallest absolute Gasteiger partial charge is 0.109 e. The van der Waals surface area contributed by atoms with Gasteiger partial charge in [-0.15, -0.1) is 5.11 Å². The van der Waals surface area contributed by atoms with Crippen molar-refractivity contribution in [3.05, 3.63) is 42.5 Å². The second-order valence-electron chi connectivity index (χ2n) is 4.43. The molecule has 0 fully saturated rings. The largest absolute Gasteiger partial charge is 0.399 e. The maximum atomic E-state index is 5.81. The van der Waals surface area contributed by atoms with Crippen LogP contribution in [0.2, 0.25) is 0 Å². The minimum Gasteiger partial charge on any atom is -0.399 e. The van der Waals surface area contributed by atoms with E-state index in [4.69, 9.17) is 11.5 Å². The first-order chi connectivity index (χ1) is 10.1. The molecule has 5 nitrogen and oxygen atoms in total. The molecular formula is C16H23N5. The Morgan fingerprint density at radius 2 is 1.48 bits per heavy atom.